The third kappa shape index (κ3) is 4.32. The summed E-state index contributed by atoms with van der Waals surface area (Å²) in [6.07, 6.45) is 0. The average Bonchev–Trinajstić information content (AvgIpc) is 2.48. The third-order valence-corrected chi connectivity index (χ3v) is 3.96. The van der Waals surface area contributed by atoms with Gasteiger partial charge in [-0.2, -0.15) is 11.8 Å². The molecule has 0 aliphatic rings. The van der Waals surface area contributed by atoms with Gasteiger partial charge >= 0.3 is 5.97 Å². The van der Waals surface area contributed by atoms with Crippen molar-refractivity contribution in [3.05, 3.63) is 75.3 Å². The lowest BCUT2D eigenvalue weighted by molar-refractivity contribution is -0.384. The van der Waals surface area contributed by atoms with E-state index in [0.29, 0.717) is 0 Å². The number of hydrogen-bond donors (Lipinski definition) is 1. The first-order valence-electron chi connectivity index (χ1n) is 6.19. The number of carboxylic acid groups (broad SMARTS) is 1. The van der Waals surface area contributed by atoms with Crippen molar-refractivity contribution < 1.29 is 14.8 Å². The molecule has 108 valence electrons. The molecule has 0 aromatic heterocycles. The van der Waals surface area contributed by atoms with Crippen molar-refractivity contribution in [3.8, 4) is 0 Å². The monoisotopic (exact) mass is 303 g/mol. The molecule has 0 amide bonds. The number of nitro benzene ring substituents is 1. The number of hydrogen-bond acceptors (Lipinski definition) is 4. The van der Waals surface area contributed by atoms with Gasteiger partial charge < -0.3 is 5.11 Å². The molecule has 1 N–H and O–H groups in total. The van der Waals surface area contributed by atoms with Crippen molar-refractivity contribution in [2.45, 2.75) is 11.5 Å². The number of non-ortho nitro benzene ring substituents is 1. The molecule has 0 atom stereocenters. The summed E-state index contributed by atoms with van der Waals surface area (Å²) in [6, 6.07) is 13.3. The minimum Gasteiger partial charge on any atom is -0.478 e. The van der Waals surface area contributed by atoms with Crippen LogP contribution in [0.4, 0.5) is 5.69 Å². The van der Waals surface area contributed by atoms with Gasteiger partial charge in [-0.15, -0.1) is 0 Å². The highest BCUT2D eigenvalue weighted by atomic mass is 32.2. The fraction of sp³-hybridized carbons (Fsp3) is 0.133. The van der Waals surface area contributed by atoms with E-state index in [-0.39, 0.29) is 11.3 Å². The highest BCUT2D eigenvalue weighted by molar-refractivity contribution is 7.97. The lowest BCUT2D eigenvalue weighted by atomic mass is 10.1. The molecule has 0 saturated carbocycles. The summed E-state index contributed by atoms with van der Waals surface area (Å²) in [5.41, 5.74) is 2.44. The Balaban J connectivity index is 1.86. The minimum absolute atomic E-state index is 0.0907. The smallest absolute Gasteiger partial charge is 0.335 e. The zero-order valence-corrected chi connectivity index (χ0v) is 11.9. The summed E-state index contributed by atoms with van der Waals surface area (Å²) in [5.74, 6) is 0.579. The summed E-state index contributed by atoms with van der Waals surface area (Å²) in [6.45, 7) is 0. The molecular weight excluding hydrogens is 290 g/mol. The molecule has 0 unspecified atom stereocenters. The van der Waals surface area contributed by atoms with Crippen LogP contribution >= 0.6 is 11.8 Å². The average molecular weight is 303 g/mol. The predicted octanol–water partition coefficient (Wildman–Crippen LogP) is 3.73. The Labute approximate surface area is 125 Å². The van der Waals surface area contributed by atoms with Gasteiger partial charge in [0.15, 0.2) is 0 Å². The maximum absolute atomic E-state index is 10.7. The van der Waals surface area contributed by atoms with Crippen LogP contribution in [0, 0.1) is 10.1 Å². The SMILES string of the molecule is O=C(O)c1ccc(CSCc2ccc([N+](=O)[O-])cc2)cc1. The number of nitrogens with zero attached hydrogens (tertiary/aromatic N) is 1. The van der Waals surface area contributed by atoms with Crippen molar-refractivity contribution in [1.29, 1.82) is 0 Å². The van der Waals surface area contributed by atoms with Gasteiger partial charge in [0.1, 0.15) is 0 Å². The molecule has 0 heterocycles. The second kappa shape index (κ2) is 6.90. The van der Waals surface area contributed by atoms with Gasteiger partial charge in [0, 0.05) is 23.6 Å². The lowest BCUT2D eigenvalue weighted by Crippen LogP contribution is -1.95. The van der Waals surface area contributed by atoms with E-state index in [9.17, 15) is 14.9 Å². The zero-order chi connectivity index (χ0) is 15.2. The normalized spacial score (nSPS) is 10.3. The minimum atomic E-state index is -0.930. The number of benzene rings is 2. The number of carbonyl (C=O) groups is 1. The lowest BCUT2D eigenvalue weighted by Gasteiger charge is -2.03. The van der Waals surface area contributed by atoms with Crippen molar-refractivity contribution in [1.82, 2.24) is 0 Å². The molecule has 0 spiro atoms. The molecule has 2 aromatic rings. The quantitative estimate of drug-likeness (QED) is 0.649. The molecule has 0 aliphatic heterocycles. The number of rotatable bonds is 6. The molecular formula is C15H13NO4S. The van der Waals surface area contributed by atoms with E-state index in [2.05, 4.69) is 0 Å². The largest absolute Gasteiger partial charge is 0.478 e. The summed E-state index contributed by atoms with van der Waals surface area (Å²) in [4.78, 5) is 20.9. The summed E-state index contributed by atoms with van der Waals surface area (Å²) in [5, 5.41) is 19.4. The van der Waals surface area contributed by atoms with Crippen LogP contribution in [0.5, 0.6) is 0 Å². The molecule has 0 saturated heterocycles. The first-order valence-corrected chi connectivity index (χ1v) is 7.35. The van der Waals surface area contributed by atoms with Gasteiger partial charge in [-0.3, -0.25) is 10.1 Å². The van der Waals surface area contributed by atoms with E-state index >= 15 is 0 Å². The van der Waals surface area contributed by atoms with E-state index in [1.165, 1.54) is 12.1 Å². The second-order valence-electron chi connectivity index (χ2n) is 4.42. The molecule has 0 bridgehead atoms. The Morgan fingerprint density at radius 3 is 1.90 bits per heavy atom. The van der Waals surface area contributed by atoms with Crippen LogP contribution in [-0.2, 0) is 11.5 Å². The molecule has 6 heteroatoms. The number of carboxylic acids is 1. The van der Waals surface area contributed by atoms with E-state index in [4.69, 9.17) is 5.11 Å². The van der Waals surface area contributed by atoms with E-state index in [0.717, 1.165) is 22.6 Å². The van der Waals surface area contributed by atoms with Crippen LogP contribution < -0.4 is 0 Å². The summed E-state index contributed by atoms with van der Waals surface area (Å²) in [7, 11) is 0. The van der Waals surface area contributed by atoms with Gasteiger partial charge in [0.2, 0.25) is 0 Å². The number of aromatic carboxylic acids is 1. The Hall–Kier alpha value is -2.34. The molecule has 2 rings (SSSR count). The number of thioether (sulfide) groups is 1. The molecule has 0 fully saturated rings. The molecule has 0 aliphatic carbocycles. The standard InChI is InChI=1S/C15H13NO4S/c17-15(18)13-5-1-11(2-6-13)9-21-10-12-3-7-14(8-4-12)16(19)20/h1-8H,9-10H2,(H,17,18). The van der Waals surface area contributed by atoms with Crippen molar-refractivity contribution in [2.24, 2.45) is 0 Å². The van der Waals surface area contributed by atoms with Crippen LogP contribution in [0.25, 0.3) is 0 Å². The van der Waals surface area contributed by atoms with E-state index < -0.39 is 10.9 Å². The van der Waals surface area contributed by atoms with Gasteiger partial charge in [0.25, 0.3) is 5.69 Å². The van der Waals surface area contributed by atoms with Crippen molar-refractivity contribution in [3.63, 3.8) is 0 Å². The van der Waals surface area contributed by atoms with Crippen LogP contribution in [0.3, 0.4) is 0 Å². The fourth-order valence-corrected chi connectivity index (χ4v) is 2.70. The fourth-order valence-electron chi connectivity index (χ4n) is 1.74. The van der Waals surface area contributed by atoms with Gasteiger partial charge in [0.05, 0.1) is 10.5 Å². The second-order valence-corrected chi connectivity index (χ2v) is 5.40. The van der Waals surface area contributed by atoms with Crippen molar-refractivity contribution >= 4 is 23.4 Å². The summed E-state index contributed by atoms with van der Waals surface area (Å²) < 4.78 is 0. The van der Waals surface area contributed by atoms with Crippen LogP contribution in [0.15, 0.2) is 48.5 Å². The Morgan fingerprint density at radius 1 is 1.00 bits per heavy atom. The first kappa shape index (κ1) is 15.1. The molecule has 5 nitrogen and oxygen atoms in total. The zero-order valence-electron chi connectivity index (χ0n) is 11.1. The predicted molar refractivity (Wildman–Crippen MR) is 81.5 cm³/mol. The number of nitro groups is 1. The molecule has 0 radical (unpaired) electrons. The van der Waals surface area contributed by atoms with Crippen LogP contribution in [0.1, 0.15) is 21.5 Å². The van der Waals surface area contributed by atoms with Gasteiger partial charge in [-0.05, 0) is 23.3 Å². The van der Waals surface area contributed by atoms with Crippen LogP contribution in [-0.4, -0.2) is 16.0 Å². The maximum Gasteiger partial charge on any atom is 0.335 e. The maximum atomic E-state index is 10.7. The summed E-state index contributed by atoms with van der Waals surface area (Å²) >= 11 is 1.67. The van der Waals surface area contributed by atoms with Gasteiger partial charge in [-0.25, -0.2) is 4.79 Å². The van der Waals surface area contributed by atoms with E-state index in [1.807, 2.05) is 0 Å². The molecule has 21 heavy (non-hydrogen) atoms. The Bertz CT molecular complexity index is 580. The van der Waals surface area contributed by atoms with E-state index in [1.54, 1.807) is 48.2 Å². The Morgan fingerprint density at radius 2 is 1.48 bits per heavy atom. The highest BCUT2D eigenvalue weighted by Gasteiger charge is 2.04. The topological polar surface area (TPSA) is 80.4 Å². The first-order chi connectivity index (χ1) is 10.1. The van der Waals surface area contributed by atoms with Crippen molar-refractivity contribution in [2.75, 3.05) is 0 Å². The Kier molecular flexibility index (Phi) is 4.94. The van der Waals surface area contributed by atoms with Gasteiger partial charge in [-0.1, -0.05) is 24.3 Å². The van der Waals surface area contributed by atoms with Crippen LogP contribution in [0.2, 0.25) is 0 Å². The molecule has 2 aromatic carbocycles. The third-order valence-electron chi connectivity index (χ3n) is 2.89. The highest BCUT2D eigenvalue weighted by Crippen LogP contribution is 2.20.